The summed E-state index contributed by atoms with van der Waals surface area (Å²) in [4.78, 5) is 18.3. The maximum Gasteiger partial charge on any atom is 0.225 e. The topological polar surface area (TPSA) is 63.9 Å². The van der Waals surface area contributed by atoms with E-state index in [4.69, 9.17) is 0 Å². The number of carbonyl (C=O) groups excluding carboxylic acids is 1. The number of piperidine rings is 1. The first-order valence-corrected chi connectivity index (χ1v) is 7.11. The van der Waals surface area contributed by atoms with Gasteiger partial charge in [0.05, 0.1) is 6.04 Å². The largest absolute Gasteiger partial charge is 0.342 e. The molecule has 0 atom stereocenters. The molecular formula is C14H19N5O. The third kappa shape index (κ3) is 2.26. The van der Waals surface area contributed by atoms with Crippen molar-refractivity contribution >= 4 is 17.1 Å². The number of pyridine rings is 1. The highest BCUT2D eigenvalue weighted by Crippen LogP contribution is 2.25. The summed E-state index contributed by atoms with van der Waals surface area (Å²) in [5.74, 6) is 0.311. The van der Waals surface area contributed by atoms with Crippen LogP contribution in [0.2, 0.25) is 0 Å². The number of hydrogen-bond donors (Lipinski definition) is 0. The Morgan fingerprint density at radius 2 is 2.10 bits per heavy atom. The smallest absolute Gasteiger partial charge is 0.225 e. The first kappa shape index (κ1) is 13.0. The molecule has 0 unspecified atom stereocenters. The second-order valence-corrected chi connectivity index (χ2v) is 5.59. The van der Waals surface area contributed by atoms with Crippen LogP contribution in [0.15, 0.2) is 18.3 Å². The van der Waals surface area contributed by atoms with Crippen molar-refractivity contribution in [2.45, 2.75) is 32.7 Å². The van der Waals surface area contributed by atoms with Crippen LogP contribution in [0.25, 0.3) is 11.2 Å². The maximum atomic E-state index is 12.0. The molecule has 1 saturated heterocycles. The maximum absolute atomic E-state index is 12.0. The molecule has 1 aliphatic rings. The van der Waals surface area contributed by atoms with Gasteiger partial charge in [-0.3, -0.25) is 4.79 Å². The van der Waals surface area contributed by atoms with E-state index >= 15 is 0 Å². The zero-order valence-corrected chi connectivity index (χ0v) is 11.9. The van der Waals surface area contributed by atoms with Crippen molar-refractivity contribution in [3.05, 3.63) is 18.3 Å². The average Bonchev–Trinajstić information content (AvgIpc) is 2.90. The lowest BCUT2D eigenvalue weighted by Gasteiger charge is -2.32. The van der Waals surface area contributed by atoms with Crippen LogP contribution < -0.4 is 0 Å². The van der Waals surface area contributed by atoms with Gasteiger partial charge in [0.1, 0.15) is 5.52 Å². The minimum Gasteiger partial charge on any atom is -0.342 e. The van der Waals surface area contributed by atoms with Crippen LogP contribution in [0.3, 0.4) is 0 Å². The summed E-state index contributed by atoms with van der Waals surface area (Å²) >= 11 is 0. The number of hydrogen-bond acceptors (Lipinski definition) is 4. The Bertz CT molecular complexity index is 613. The van der Waals surface area contributed by atoms with Crippen molar-refractivity contribution in [2.24, 2.45) is 5.92 Å². The normalized spacial score (nSPS) is 17.1. The summed E-state index contributed by atoms with van der Waals surface area (Å²) in [7, 11) is 0. The third-order valence-electron chi connectivity index (χ3n) is 3.85. The van der Waals surface area contributed by atoms with Gasteiger partial charge in [0.15, 0.2) is 5.65 Å². The molecule has 3 rings (SSSR count). The molecule has 0 radical (unpaired) electrons. The molecule has 2 aromatic rings. The highest BCUT2D eigenvalue weighted by Gasteiger charge is 2.26. The van der Waals surface area contributed by atoms with E-state index in [2.05, 4.69) is 15.3 Å². The molecule has 6 heteroatoms. The van der Waals surface area contributed by atoms with Crippen LogP contribution in [-0.2, 0) is 4.79 Å². The van der Waals surface area contributed by atoms with E-state index < -0.39 is 0 Å². The molecule has 0 spiro atoms. The van der Waals surface area contributed by atoms with Gasteiger partial charge in [0.25, 0.3) is 0 Å². The Hall–Kier alpha value is -1.98. The summed E-state index contributed by atoms with van der Waals surface area (Å²) in [6, 6.07) is 4.07. The molecular weight excluding hydrogens is 254 g/mol. The summed E-state index contributed by atoms with van der Waals surface area (Å²) in [5.41, 5.74) is 1.66. The van der Waals surface area contributed by atoms with Crippen molar-refractivity contribution in [2.75, 3.05) is 13.1 Å². The Labute approximate surface area is 117 Å². The van der Waals surface area contributed by atoms with Gasteiger partial charge in [-0.25, -0.2) is 9.67 Å². The van der Waals surface area contributed by atoms with E-state index in [1.54, 1.807) is 6.20 Å². The minimum atomic E-state index is 0.0698. The van der Waals surface area contributed by atoms with E-state index in [0.29, 0.717) is 0 Å². The van der Waals surface area contributed by atoms with Crippen LogP contribution in [0.5, 0.6) is 0 Å². The van der Waals surface area contributed by atoms with Gasteiger partial charge in [-0.05, 0) is 25.0 Å². The molecule has 0 aromatic carbocycles. The van der Waals surface area contributed by atoms with E-state index in [1.165, 1.54) is 0 Å². The Kier molecular flexibility index (Phi) is 3.38. The molecule has 20 heavy (non-hydrogen) atoms. The SMILES string of the molecule is CC(C)C(=O)N1CCC(n2nnc3cccnc32)CC1. The highest BCUT2D eigenvalue weighted by atomic mass is 16.2. The van der Waals surface area contributed by atoms with E-state index in [1.807, 2.05) is 35.6 Å². The first-order valence-electron chi connectivity index (χ1n) is 7.11. The van der Waals surface area contributed by atoms with Crippen molar-refractivity contribution in [1.82, 2.24) is 24.9 Å². The van der Waals surface area contributed by atoms with Crippen molar-refractivity contribution in [3.63, 3.8) is 0 Å². The van der Waals surface area contributed by atoms with Crippen LogP contribution in [-0.4, -0.2) is 43.9 Å². The molecule has 0 aliphatic carbocycles. The van der Waals surface area contributed by atoms with Gasteiger partial charge in [-0.1, -0.05) is 19.1 Å². The number of nitrogens with zero attached hydrogens (tertiary/aromatic N) is 5. The molecule has 1 aliphatic heterocycles. The molecule has 0 saturated carbocycles. The minimum absolute atomic E-state index is 0.0698. The fourth-order valence-corrected chi connectivity index (χ4v) is 2.72. The Balaban J connectivity index is 1.74. The van der Waals surface area contributed by atoms with E-state index in [9.17, 15) is 4.79 Å². The predicted molar refractivity (Wildman–Crippen MR) is 75.0 cm³/mol. The second kappa shape index (κ2) is 5.19. The number of amides is 1. The van der Waals surface area contributed by atoms with Gasteiger partial charge >= 0.3 is 0 Å². The molecule has 1 fully saturated rings. The van der Waals surface area contributed by atoms with Crippen LogP contribution >= 0.6 is 0 Å². The monoisotopic (exact) mass is 273 g/mol. The van der Waals surface area contributed by atoms with Crippen molar-refractivity contribution < 1.29 is 4.79 Å². The average molecular weight is 273 g/mol. The lowest BCUT2D eigenvalue weighted by Crippen LogP contribution is -2.41. The number of rotatable bonds is 2. The lowest BCUT2D eigenvalue weighted by atomic mass is 10.0. The Morgan fingerprint density at radius 3 is 2.80 bits per heavy atom. The van der Waals surface area contributed by atoms with Crippen LogP contribution in [0.1, 0.15) is 32.7 Å². The second-order valence-electron chi connectivity index (χ2n) is 5.59. The van der Waals surface area contributed by atoms with Gasteiger partial charge in [-0.15, -0.1) is 5.10 Å². The molecule has 106 valence electrons. The summed E-state index contributed by atoms with van der Waals surface area (Å²) in [6.07, 6.45) is 3.58. The van der Waals surface area contributed by atoms with Crippen molar-refractivity contribution in [3.8, 4) is 0 Å². The summed E-state index contributed by atoms with van der Waals surface area (Å²) < 4.78 is 1.91. The van der Waals surface area contributed by atoms with Crippen LogP contribution in [0, 0.1) is 5.92 Å². The summed E-state index contributed by atoms with van der Waals surface area (Å²) in [6.45, 7) is 5.47. The van der Waals surface area contributed by atoms with Gasteiger partial charge < -0.3 is 4.90 Å². The number of aromatic nitrogens is 4. The zero-order valence-electron chi connectivity index (χ0n) is 11.9. The highest BCUT2D eigenvalue weighted by molar-refractivity contribution is 5.78. The van der Waals surface area contributed by atoms with Gasteiger partial charge in [0.2, 0.25) is 5.91 Å². The predicted octanol–water partition coefficient (Wildman–Crippen LogP) is 1.65. The third-order valence-corrected chi connectivity index (χ3v) is 3.85. The van der Waals surface area contributed by atoms with E-state index in [0.717, 1.165) is 37.1 Å². The zero-order chi connectivity index (χ0) is 14.1. The van der Waals surface area contributed by atoms with Gasteiger partial charge in [0, 0.05) is 25.2 Å². The first-order chi connectivity index (χ1) is 9.66. The van der Waals surface area contributed by atoms with Crippen LogP contribution in [0.4, 0.5) is 0 Å². The Morgan fingerprint density at radius 1 is 1.35 bits per heavy atom. The molecule has 6 nitrogen and oxygen atoms in total. The molecule has 3 heterocycles. The van der Waals surface area contributed by atoms with Gasteiger partial charge in [-0.2, -0.15) is 0 Å². The van der Waals surface area contributed by atoms with Crippen molar-refractivity contribution in [1.29, 1.82) is 0 Å². The summed E-state index contributed by atoms with van der Waals surface area (Å²) in [5, 5.41) is 8.37. The fraction of sp³-hybridized carbons (Fsp3) is 0.571. The molecule has 0 bridgehead atoms. The molecule has 0 N–H and O–H groups in total. The fourth-order valence-electron chi connectivity index (χ4n) is 2.72. The number of likely N-dealkylation sites (tertiary alicyclic amines) is 1. The quantitative estimate of drug-likeness (QED) is 0.834. The standard InChI is InChI=1S/C14H19N5O/c1-10(2)14(20)18-8-5-11(6-9-18)19-13-12(16-17-19)4-3-7-15-13/h3-4,7,10-11H,5-6,8-9H2,1-2H3. The molecule has 1 amide bonds. The van der Waals surface area contributed by atoms with E-state index in [-0.39, 0.29) is 17.9 Å². The molecule has 2 aromatic heterocycles. The lowest BCUT2D eigenvalue weighted by molar-refractivity contribution is -0.135. The number of fused-ring (bicyclic) bond motifs is 1. The number of carbonyl (C=O) groups is 1.